The number of amides is 4. The summed E-state index contributed by atoms with van der Waals surface area (Å²) < 4.78 is 0. The van der Waals surface area contributed by atoms with Crippen molar-refractivity contribution in [2.45, 2.75) is 70.5 Å². The third kappa shape index (κ3) is 6.68. The SMILES string of the molecule is [C-]#[N+]c1ccc(N2CC3(CCN(c4ccc(CN5CCC(C6CN(c7ccc8c(c7)C(=O)N(C7CCC(=O)NC7=O)C8=O)C6)CC5)cn4)CC3)C[C@@H]2C)cc1Cl. The fourth-order valence-corrected chi connectivity index (χ4v) is 10.4. The second-order valence-corrected chi connectivity index (χ2v) is 17.3. The van der Waals surface area contributed by atoms with Crippen molar-refractivity contribution >= 4 is 58.1 Å². The Morgan fingerprint density at radius 1 is 0.875 bits per heavy atom. The first kappa shape index (κ1) is 36.6. The minimum atomic E-state index is -0.953. The van der Waals surface area contributed by atoms with Crippen molar-refractivity contribution in [3.63, 3.8) is 0 Å². The standard InChI is InChI=1S/C43H47ClN8O4/c1-27-21-43(26-51(27)32-5-7-36(45-2)35(44)20-32)13-17-49(18-14-43)38-9-3-28(22-46-38)23-48-15-11-29(12-16-48)30-24-50(25-30)31-4-6-33-34(19-31)42(56)52(41(33)55)37-8-10-39(53)47-40(37)54/h3-7,9,19-20,22,27,29-30,37H,8,10-18,21,23-26H2,1H3,(H,47,53,54)/t27-,37?/m0/s1. The summed E-state index contributed by atoms with van der Waals surface area (Å²) in [4.78, 5) is 69.6. The van der Waals surface area contributed by atoms with Crippen molar-refractivity contribution in [2.24, 2.45) is 17.3 Å². The summed E-state index contributed by atoms with van der Waals surface area (Å²) in [6, 6.07) is 15.1. The molecule has 0 aliphatic carbocycles. The summed E-state index contributed by atoms with van der Waals surface area (Å²) in [6.07, 6.45) is 8.08. The van der Waals surface area contributed by atoms with Crippen molar-refractivity contribution in [1.29, 1.82) is 0 Å². The van der Waals surface area contributed by atoms with Crippen LogP contribution in [0.15, 0.2) is 54.7 Å². The minimum absolute atomic E-state index is 0.106. The van der Waals surface area contributed by atoms with Gasteiger partial charge in [0, 0.05) is 74.3 Å². The first-order valence-corrected chi connectivity index (χ1v) is 20.4. The number of hydrogen-bond acceptors (Lipinski definition) is 9. The fourth-order valence-electron chi connectivity index (χ4n) is 10.2. The summed E-state index contributed by atoms with van der Waals surface area (Å²) >= 11 is 6.39. The Kier molecular flexibility index (Phi) is 9.49. The zero-order valence-corrected chi connectivity index (χ0v) is 32.5. The third-order valence-electron chi connectivity index (χ3n) is 13.5. The number of piperidine rings is 3. The molecule has 13 heteroatoms. The molecule has 9 rings (SSSR count). The number of pyridine rings is 1. The lowest BCUT2D eigenvalue weighted by Crippen LogP contribution is -2.54. The number of nitrogens with zero attached hydrogens (tertiary/aromatic N) is 7. The molecule has 56 heavy (non-hydrogen) atoms. The number of likely N-dealkylation sites (tertiary alicyclic amines) is 1. The number of carbonyl (C=O) groups is 4. The number of fused-ring (bicyclic) bond motifs is 1. The quantitative estimate of drug-likeness (QED) is 0.231. The maximum Gasteiger partial charge on any atom is 0.262 e. The average Bonchev–Trinajstić information content (AvgIpc) is 3.63. The molecule has 1 aromatic heterocycles. The van der Waals surface area contributed by atoms with Crippen molar-refractivity contribution < 1.29 is 19.2 Å². The molecule has 2 aromatic carbocycles. The van der Waals surface area contributed by atoms with Crippen molar-refractivity contribution in [1.82, 2.24) is 20.1 Å². The van der Waals surface area contributed by atoms with Crippen LogP contribution in [0, 0.1) is 23.8 Å². The predicted molar refractivity (Wildman–Crippen MR) is 214 cm³/mol. The van der Waals surface area contributed by atoms with Crippen LogP contribution in [0.3, 0.4) is 0 Å². The molecule has 6 aliphatic rings. The lowest BCUT2D eigenvalue weighted by Gasteiger charge is -2.47. The Morgan fingerprint density at radius 3 is 2.32 bits per heavy atom. The van der Waals surface area contributed by atoms with Crippen LogP contribution in [0.5, 0.6) is 0 Å². The van der Waals surface area contributed by atoms with Gasteiger partial charge in [-0.05, 0) is 118 Å². The first-order chi connectivity index (χ1) is 27.1. The van der Waals surface area contributed by atoms with E-state index >= 15 is 0 Å². The Balaban J connectivity index is 0.725. The zero-order chi connectivity index (χ0) is 38.7. The number of anilines is 3. The normalized spacial score (nSPS) is 24.4. The smallest absolute Gasteiger partial charge is 0.262 e. The van der Waals surface area contributed by atoms with Crippen LogP contribution in [0.2, 0.25) is 5.02 Å². The summed E-state index contributed by atoms with van der Waals surface area (Å²) in [6.45, 7) is 17.5. The van der Waals surface area contributed by atoms with Crippen LogP contribution in [0.1, 0.15) is 78.1 Å². The van der Waals surface area contributed by atoms with E-state index in [9.17, 15) is 19.2 Å². The monoisotopic (exact) mass is 774 g/mol. The Hall–Kier alpha value is -4.99. The van der Waals surface area contributed by atoms with Crippen LogP contribution in [-0.4, -0.2) is 96.3 Å². The molecule has 1 spiro atoms. The van der Waals surface area contributed by atoms with E-state index in [4.69, 9.17) is 23.2 Å². The van der Waals surface area contributed by atoms with Gasteiger partial charge in [-0.1, -0.05) is 23.7 Å². The molecule has 2 atom stereocenters. The molecule has 5 saturated heterocycles. The molecule has 3 aromatic rings. The van der Waals surface area contributed by atoms with Crippen molar-refractivity contribution in [3.05, 3.63) is 87.9 Å². The Labute approximate surface area is 332 Å². The first-order valence-electron chi connectivity index (χ1n) is 20.0. The van der Waals surface area contributed by atoms with Gasteiger partial charge in [0.1, 0.15) is 11.9 Å². The highest BCUT2D eigenvalue weighted by Crippen LogP contribution is 2.46. The van der Waals surface area contributed by atoms with Gasteiger partial charge in [0.05, 0.1) is 17.7 Å². The fraction of sp³-hybridized carbons (Fsp3) is 0.488. The molecule has 5 fully saturated rings. The maximum absolute atomic E-state index is 13.3. The molecule has 0 radical (unpaired) electrons. The van der Waals surface area contributed by atoms with E-state index in [1.807, 2.05) is 24.3 Å². The molecular formula is C43H47ClN8O4. The van der Waals surface area contributed by atoms with E-state index in [1.54, 1.807) is 12.1 Å². The minimum Gasteiger partial charge on any atom is -0.371 e. The largest absolute Gasteiger partial charge is 0.371 e. The molecule has 0 bridgehead atoms. The second kappa shape index (κ2) is 14.5. The third-order valence-corrected chi connectivity index (χ3v) is 13.8. The molecule has 1 N–H and O–H groups in total. The van der Waals surface area contributed by atoms with Crippen LogP contribution < -0.4 is 20.0 Å². The summed E-state index contributed by atoms with van der Waals surface area (Å²) in [5, 5.41) is 2.78. The number of carbonyl (C=O) groups excluding carboxylic acids is 4. The number of nitrogens with one attached hydrogen (secondary N) is 1. The summed E-state index contributed by atoms with van der Waals surface area (Å²) in [5.74, 6) is 0.411. The summed E-state index contributed by atoms with van der Waals surface area (Å²) in [7, 11) is 0. The van der Waals surface area contributed by atoms with Crippen LogP contribution >= 0.6 is 11.6 Å². The van der Waals surface area contributed by atoms with Crippen LogP contribution in [0.4, 0.5) is 22.9 Å². The predicted octanol–water partition coefficient (Wildman–Crippen LogP) is 5.92. The van der Waals surface area contributed by atoms with Gasteiger partial charge in [-0.25, -0.2) is 9.83 Å². The highest BCUT2D eigenvalue weighted by molar-refractivity contribution is 6.33. The summed E-state index contributed by atoms with van der Waals surface area (Å²) in [5.41, 5.74) is 4.73. The van der Waals surface area contributed by atoms with E-state index in [2.05, 4.69) is 55.0 Å². The number of rotatable bonds is 7. The van der Waals surface area contributed by atoms with Gasteiger partial charge in [-0.3, -0.25) is 34.3 Å². The lowest BCUT2D eigenvalue weighted by molar-refractivity contribution is -0.136. The van der Waals surface area contributed by atoms with Gasteiger partial charge in [0.25, 0.3) is 11.8 Å². The number of imide groups is 2. The Morgan fingerprint density at radius 2 is 1.62 bits per heavy atom. The molecule has 1 unspecified atom stereocenters. The number of hydrogen-bond donors (Lipinski definition) is 1. The molecule has 4 amide bonds. The van der Waals surface area contributed by atoms with E-state index < -0.39 is 23.8 Å². The van der Waals surface area contributed by atoms with E-state index in [1.165, 1.54) is 12.0 Å². The van der Waals surface area contributed by atoms with E-state index in [-0.39, 0.29) is 24.2 Å². The van der Waals surface area contributed by atoms with Gasteiger partial charge in [-0.2, -0.15) is 0 Å². The molecular weight excluding hydrogens is 728 g/mol. The van der Waals surface area contributed by atoms with Crippen LogP contribution in [0.25, 0.3) is 4.85 Å². The van der Waals surface area contributed by atoms with Crippen molar-refractivity contribution in [2.75, 3.05) is 60.5 Å². The average molecular weight is 775 g/mol. The lowest BCUT2D eigenvalue weighted by atomic mass is 9.77. The highest BCUT2D eigenvalue weighted by atomic mass is 35.5. The van der Waals surface area contributed by atoms with Gasteiger partial charge in [0.2, 0.25) is 17.5 Å². The highest BCUT2D eigenvalue weighted by Gasteiger charge is 2.46. The number of benzene rings is 2. The molecule has 6 aliphatic heterocycles. The topological polar surface area (TPSA) is 114 Å². The maximum atomic E-state index is 13.3. The number of aromatic nitrogens is 1. The molecule has 12 nitrogen and oxygen atoms in total. The number of halogens is 1. The van der Waals surface area contributed by atoms with E-state index in [0.29, 0.717) is 39.7 Å². The molecule has 7 heterocycles. The molecule has 290 valence electrons. The zero-order valence-electron chi connectivity index (χ0n) is 31.8. The van der Waals surface area contributed by atoms with Crippen molar-refractivity contribution in [3.8, 4) is 0 Å². The van der Waals surface area contributed by atoms with Crippen LogP contribution in [-0.2, 0) is 16.1 Å². The van der Waals surface area contributed by atoms with Gasteiger partial charge in [0.15, 0.2) is 0 Å². The Bertz CT molecular complexity index is 2110. The van der Waals surface area contributed by atoms with Gasteiger partial charge < -0.3 is 14.7 Å². The molecule has 0 saturated carbocycles. The van der Waals surface area contributed by atoms with E-state index in [0.717, 1.165) is 100 Å². The second-order valence-electron chi connectivity index (χ2n) is 16.9. The van der Waals surface area contributed by atoms with Gasteiger partial charge >= 0.3 is 0 Å². The van der Waals surface area contributed by atoms with Gasteiger partial charge in [-0.15, -0.1) is 0 Å².